The Balaban J connectivity index is 1.62. The summed E-state index contributed by atoms with van der Waals surface area (Å²) in [5, 5.41) is 13.5. The lowest BCUT2D eigenvalue weighted by Crippen LogP contribution is -2.62. The highest BCUT2D eigenvalue weighted by Gasteiger charge is 2.47. The van der Waals surface area contributed by atoms with Crippen molar-refractivity contribution >= 4 is 16.9 Å². The maximum absolute atomic E-state index is 12.1. The van der Waals surface area contributed by atoms with Crippen LogP contribution in [0.4, 0.5) is 4.79 Å². The van der Waals surface area contributed by atoms with Gasteiger partial charge in [0.25, 0.3) is 0 Å². The molecule has 1 heterocycles. The van der Waals surface area contributed by atoms with E-state index in [2.05, 4.69) is 24.3 Å². The van der Waals surface area contributed by atoms with Crippen molar-refractivity contribution in [3.8, 4) is 0 Å². The second kappa shape index (κ2) is 4.96. The Morgan fingerprint density at radius 2 is 1.79 bits per heavy atom. The van der Waals surface area contributed by atoms with Crippen molar-refractivity contribution < 1.29 is 14.6 Å². The molecule has 4 rings (SSSR count). The van der Waals surface area contributed by atoms with Gasteiger partial charge in [-0.3, -0.25) is 0 Å². The van der Waals surface area contributed by atoms with Gasteiger partial charge in [-0.05, 0) is 61.1 Å². The minimum atomic E-state index is -0.989. The summed E-state index contributed by atoms with van der Waals surface area (Å²) in [5.74, 6) is 0. The molecule has 4 heteroatoms. The topological polar surface area (TPSA) is 49.8 Å². The fourth-order valence-electron chi connectivity index (χ4n) is 3.86. The lowest BCUT2D eigenvalue weighted by molar-refractivity contribution is -0.102. The van der Waals surface area contributed by atoms with Crippen LogP contribution < -0.4 is 0 Å². The lowest BCUT2D eigenvalue weighted by Gasteiger charge is -2.47. The predicted octanol–water partition coefficient (Wildman–Crippen LogP) is 3.38. The summed E-state index contributed by atoms with van der Waals surface area (Å²) in [6.45, 7) is 6.10. The molecule has 0 aromatic heterocycles. The molecule has 0 bridgehead atoms. The van der Waals surface area contributed by atoms with Gasteiger partial charge in [-0.25, -0.2) is 4.79 Å². The summed E-state index contributed by atoms with van der Waals surface area (Å²) in [7, 11) is 0. The van der Waals surface area contributed by atoms with E-state index in [-0.39, 0.29) is 19.2 Å². The lowest BCUT2D eigenvalue weighted by atomic mass is 9.82. The summed E-state index contributed by atoms with van der Waals surface area (Å²) in [5.41, 5.74) is 2.13. The van der Waals surface area contributed by atoms with Crippen molar-refractivity contribution in [3.63, 3.8) is 0 Å². The van der Waals surface area contributed by atoms with Crippen molar-refractivity contribution in [2.45, 2.75) is 44.8 Å². The number of carbonyl (C=O) groups excluding carboxylic acids is 1. The average Bonchev–Trinajstić information content (AvgIpc) is 2.88. The molecule has 1 aliphatic carbocycles. The molecule has 24 heavy (non-hydrogen) atoms. The third-order valence-corrected chi connectivity index (χ3v) is 4.93. The van der Waals surface area contributed by atoms with E-state index in [9.17, 15) is 9.90 Å². The number of aliphatic hydroxyl groups is 1. The first kappa shape index (κ1) is 15.5. The van der Waals surface area contributed by atoms with E-state index in [1.807, 2.05) is 26.8 Å². The minimum absolute atomic E-state index is 0.278. The monoisotopic (exact) mass is 325 g/mol. The number of carbonyl (C=O) groups is 1. The van der Waals surface area contributed by atoms with Gasteiger partial charge in [0.1, 0.15) is 11.2 Å². The highest BCUT2D eigenvalue weighted by atomic mass is 16.6. The standard InChI is InChI=1S/C20H23NO3/c1-19(2,3)24-18(22)21-11-20(23,12-21)16-10-9-14-8-7-13-5-4-6-15(16)17(13)14/h4-6,9-10,23H,7-8,11-12H2,1-3H3. The van der Waals surface area contributed by atoms with E-state index in [0.717, 1.165) is 23.8 Å². The number of ether oxygens (including phenoxy) is 1. The van der Waals surface area contributed by atoms with Crippen molar-refractivity contribution in [2.75, 3.05) is 13.1 Å². The molecule has 4 nitrogen and oxygen atoms in total. The van der Waals surface area contributed by atoms with E-state index in [4.69, 9.17) is 4.74 Å². The molecule has 2 aromatic carbocycles. The molecule has 1 N–H and O–H groups in total. The number of amides is 1. The first-order chi connectivity index (χ1) is 11.3. The second-order valence-corrected chi connectivity index (χ2v) is 7.98. The van der Waals surface area contributed by atoms with Crippen LogP contribution in [-0.2, 0) is 23.2 Å². The van der Waals surface area contributed by atoms with Crippen LogP contribution in [0.2, 0.25) is 0 Å². The molecular weight excluding hydrogens is 302 g/mol. The molecule has 0 radical (unpaired) electrons. The Labute approximate surface area is 142 Å². The fourth-order valence-corrected chi connectivity index (χ4v) is 3.86. The van der Waals surface area contributed by atoms with Gasteiger partial charge < -0.3 is 14.7 Å². The van der Waals surface area contributed by atoms with Crippen LogP contribution in [-0.4, -0.2) is 34.8 Å². The normalized spacial score (nSPS) is 18.6. The van der Waals surface area contributed by atoms with Gasteiger partial charge in [0.05, 0.1) is 13.1 Å². The van der Waals surface area contributed by atoms with Gasteiger partial charge in [-0.15, -0.1) is 0 Å². The zero-order valence-electron chi connectivity index (χ0n) is 14.4. The number of benzene rings is 2. The predicted molar refractivity (Wildman–Crippen MR) is 93.1 cm³/mol. The zero-order chi connectivity index (χ0) is 17.1. The van der Waals surface area contributed by atoms with E-state index >= 15 is 0 Å². The first-order valence-electron chi connectivity index (χ1n) is 8.51. The number of hydrogen-bond donors (Lipinski definition) is 1. The molecule has 0 spiro atoms. The van der Waals surface area contributed by atoms with Crippen LogP contribution in [0, 0.1) is 0 Å². The Morgan fingerprint density at radius 3 is 2.46 bits per heavy atom. The molecule has 0 atom stereocenters. The summed E-state index contributed by atoms with van der Waals surface area (Å²) >= 11 is 0. The Morgan fingerprint density at radius 1 is 1.12 bits per heavy atom. The number of β-amino-alcohol motifs (C(OH)–C–C–N with tert-alkyl or cyclic N) is 1. The van der Waals surface area contributed by atoms with Crippen LogP contribution in [0.5, 0.6) is 0 Å². The van der Waals surface area contributed by atoms with Gasteiger partial charge in [-0.2, -0.15) is 0 Å². The highest BCUT2D eigenvalue weighted by Crippen LogP contribution is 2.40. The van der Waals surface area contributed by atoms with E-state index in [1.54, 1.807) is 4.90 Å². The van der Waals surface area contributed by atoms with Gasteiger partial charge in [0.2, 0.25) is 0 Å². The Bertz CT molecular complexity index is 818. The Hall–Kier alpha value is -2.07. The van der Waals surface area contributed by atoms with Crippen molar-refractivity contribution in [2.24, 2.45) is 0 Å². The van der Waals surface area contributed by atoms with Gasteiger partial charge >= 0.3 is 6.09 Å². The quantitative estimate of drug-likeness (QED) is 0.874. The van der Waals surface area contributed by atoms with Crippen LogP contribution in [0.25, 0.3) is 10.8 Å². The van der Waals surface area contributed by atoms with E-state index < -0.39 is 11.2 Å². The number of aryl methyl sites for hydroxylation is 2. The Kier molecular flexibility index (Phi) is 3.20. The number of hydrogen-bond acceptors (Lipinski definition) is 3. The van der Waals surface area contributed by atoms with Gasteiger partial charge in [0.15, 0.2) is 0 Å². The van der Waals surface area contributed by atoms with Crippen molar-refractivity contribution in [3.05, 3.63) is 47.0 Å². The smallest absolute Gasteiger partial charge is 0.410 e. The average molecular weight is 325 g/mol. The van der Waals surface area contributed by atoms with E-state index in [0.29, 0.717) is 0 Å². The molecular formula is C20H23NO3. The molecule has 1 aliphatic heterocycles. The molecule has 0 saturated carbocycles. The zero-order valence-corrected chi connectivity index (χ0v) is 14.4. The maximum atomic E-state index is 12.1. The summed E-state index contributed by atoms with van der Waals surface area (Å²) in [6, 6.07) is 10.5. The van der Waals surface area contributed by atoms with Crippen LogP contribution in [0.1, 0.15) is 37.5 Å². The molecule has 1 fully saturated rings. The molecule has 2 aliphatic rings. The first-order valence-corrected chi connectivity index (χ1v) is 8.51. The third-order valence-electron chi connectivity index (χ3n) is 4.93. The molecule has 2 aromatic rings. The molecule has 0 unspecified atom stereocenters. The summed E-state index contributed by atoms with van der Waals surface area (Å²) in [4.78, 5) is 13.7. The summed E-state index contributed by atoms with van der Waals surface area (Å²) in [6.07, 6.45) is 1.77. The SMILES string of the molecule is CC(C)(C)OC(=O)N1CC(O)(c2ccc3c4c(cccc24)CC3)C1. The molecule has 126 valence electrons. The minimum Gasteiger partial charge on any atom is -0.444 e. The number of rotatable bonds is 1. The number of nitrogens with zero attached hydrogens (tertiary/aromatic N) is 1. The van der Waals surface area contributed by atoms with Crippen molar-refractivity contribution in [1.29, 1.82) is 0 Å². The second-order valence-electron chi connectivity index (χ2n) is 7.98. The summed E-state index contributed by atoms with van der Waals surface area (Å²) < 4.78 is 5.38. The van der Waals surface area contributed by atoms with Crippen LogP contribution >= 0.6 is 0 Å². The van der Waals surface area contributed by atoms with Crippen LogP contribution in [0.3, 0.4) is 0 Å². The fraction of sp³-hybridized carbons (Fsp3) is 0.450. The largest absolute Gasteiger partial charge is 0.444 e. The number of likely N-dealkylation sites (tertiary alicyclic amines) is 1. The third kappa shape index (κ3) is 2.37. The van der Waals surface area contributed by atoms with Gasteiger partial charge in [-0.1, -0.05) is 30.3 Å². The highest BCUT2D eigenvalue weighted by molar-refractivity contribution is 5.94. The van der Waals surface area contributed by atoms with Crippen molar-refractivity contribution in [1.82, 2.24) is 4.90 Å². The van der Waals surface area contributed by atoms with Gasteiger partial charge in [0, 0.05) is 0 Å². The van der Waals surface area contributed by atoms with Crippen LogP contribution in [0.15, 0.2) is 30.3 Å². The maximum Gasteiger partial charge on any atom is 0.410 e. The molecule has 1 amide bonds. The molecule has 1 saturated heterocycles. The van der Waals surface area contributed by atoms with E-state index in [1.165, 1.54) is 16.5 Å².